The summed E-state index contributed by atoms with van der Waals surface area (Å²) in [5.74, 6) is 2.23. The molecule has 108 valence electrons. The van der Waals surface area contributed by atoms with Crippen LogP contribution in [-0.2, 0) is 0 Å². The number of anilines is 1. The largest absolute Gasteiger partial charge is 0.419 e. The number of hydrogen-bond acceptors (Lipinski definition) is 5. The van der Waals surface area contributed by atoms with E-state index in [1.54, 1.807) is 12.4 Å². The molecular weight excluding hydrogens is 264 g/mol. The highest BCUT2D eigenvalue weighted by atomic mass is 16.4. The molecule has 0 bridgehead atoms. The third-order valence-corrected chi connectivity index (χ3v) is 3.78. The lowest BCUT2D eigenvalue weighted by molar-refractivity contribution is 0.344. The maximum Gasteiger partial charge on any atom is 0.235 e. The van der Waals surface area contributed by atoms with Gasteiger partial charge in [0.15, 0.2) is 0 Å². The molecule has 1 aliphatic heterocycles. The third kappa shape index (κ3) is 2.75. The van der Waals surface area contributed by atoms with Crippen LogP contribution in [0, 0.1) is 23.2 Å². The minimum Gasteiger partial charge on any atom is -0.419 e. The van der Waals surface area contributed by atoms with Crippen LogP contribution in [0.4, 0.5) is 5.88 Å². The molecule has 1 saturated heterocycles. The average molecular weight is 282 g/mol. The number of aromatic nitrogens is 2. The smallest absolute Gasteiger partial charge is 0.235 e. The fourth-order valence-electron chi connectivity index (χ4n) is 3.04. The Hall–Kier alpha value is -2.35. The number of hydrogen-bond donors (Lipinski definition) is 0. The Labute approximate surface area is 124 Å². The predicted molar refractivity (Wildman–Crippen MR) is 79.6 cm³/mol. The van der Waals surface area contributed by atoms with Gasteiger partial charge in [-0.2, -0.15) is 10.2 Å². The first-order valence-corrected chi connectivity index (χ1v) is 7.23. The van der Waals surface area contributed by atoms with Gasteiger partial charge in [-0.1, -0.05) is 13.8 Å². The number of nitrogens with zero attached hydrogens (tertiary/aromatic N) is 4. The molecule has 0 aromatic carbocycles. The van der Waals surface area contributed by atoms with Crippen molar-refractivity contribution in [3.8, 4) is 17.5 Å². The van der Waals surface area contributed by atoms with Crippen molar-refractivity contribution >= 4 is 5.88 Å². The first kappa shape index (κ1) is 13.6. The minimum atomic E-state index is 0.357. The molecule has 0 saturated carbocycles. The first-order chi connectivity index (χ1) is 10.2. The number of oxazole rings is 1. The van der Waals surface area contributed by atoms with E-state index >= 15 is 0 Å². The van der Waals surface area contributed by atoms with Gasteiger partial charge in [0.2, 0.25) is 17.5 Å². The monoisotopic (exact) mass is 282 g/mol. The van der Waals surface area contributed by atoms with Gasteiger partial charge >= 0.3 is 0 Å². The lowest BCUT2D eigenvalue weighted by atomic mass is 9.92. The Morgan fingerprint density at radius 2 is 2.10 bits per heavy atom. The standard InChI is InChI=1S/C16H18N4O/c1-11-6-12(2)10-20(9-11)16-14(7-17)19-15(21-16)13-4-3-5-18-8-13/h3-5,8,11-12H,6,9-10H2,1-2H3. The van der Waals surface area contributed by atoms with Crippen LogP contribution < -0.4 is 4.90 Å². The molecule has 2 aromatic rings. The summed E-state index contributed by atoms with van der Waals surface area (Å²) in [6.45, 7) is 6.27. The van der Waals surface area contributed by atoms with E-state index < -0.39 is 0 Å². The second kappa shape index (κ2) is 5.57. The molecule has 5 heteroatoms. The average Bonchev–Trinajstić information content (AvgIpc) is 2.91. The molecule has 2 unspecified atom stereocenters. The van der Waals surface area contributed by atoms with Crippen molar-refractivity contribution in [2.45, 2.75) is 20.3 Å². The third-order valence-electron chi connectivity index (χ3n) is 3.78. The van der Waals surface area contributed by atoms with Gasteiger partial charge in [0.25, 0.3) is 0 Å². The van der Waals surface area contributed by atoms with Crippen molar-refractivity contribution < 1.29 is 4.42 Å². The van der Waals surface area contributed by atoms with Crippen LogP contribution in [0.25, 0.3) is 11.5 Å². The fraction of sp³-hybridized carbons (Fsp3) is 0.438. The number of pyridine rings is 1. The van der Waals surface area contributed by atoms with Gasteiger partial charge in [0, 0.05) is 25.5 Å². The summed E-state index contributed by atoms with van der Waals surface area (Å²) in [5.41, 5.74) is 1.15. The summed E-state index contributed by atoms with van der Waals surface area (Å²) in [4.78, 5) is 10.5. The van der Waals surface area contributed by atoms with E-state index in [1.807, 2.05) is 12.1 Å². The lowest BCUT2D eigenvalue weighted by Crippen LogP contribution is -2.38. The number of rotatable bonds is 2. The zero-order valence-electron chi connectivity index (χ0n) is 12.3. The Morgan fingerprint density at radius 1 is 1.33 bits per heavy atom. The number of nitriles is 1. The Balaban J connectivity index is 1.96. The lowest BCUT2D eigenvalue weighted by Gasteiger charge is -2.34. The summed E-state index contributed by atoms with van der Waals surface area (Å²) < 4.78 is 5.88. The van der Waals surface area contributed by atoms with E-state index in [9.17, 15) is 5.26 Å². The van der Waals surface area contributed by atoms with E-state index in [0.717, 1.165) is 18.7 Å². The molecule has 1 aliphatic rings. The Kier molecular flexibility index (Phi) is 3.61. The summed E-state index contributed by atoms with van der Waals surface area (Å²) in [6, 6.07) is 5.86. The normalized spacial score (nSPS) is 22.0. The van der Waals surface area contributed by atoms with Crippen LogP contribution in [0.2, 0.25) is 0 Å². The first-order valence-electron chi connectivity index (χ1n) is 7.23. The summed E-state index contributed by atoms with van der Waals surface area (Å²) in [6.07, 6.45) is 4.60. The molecule has 0 amide bonds. The van der Waals surface area contributed by atoms with Crippen LogP contribution in [0.5, 0.6) is 0 Å². The van der Waals surface area contributed by atoms with Crippen LogP contribution in [0.3, 0.4) is 0 Å². The van der Waals surface area contributed by atoms with Gasteiger partial charge in [-0.3, -0.25) is 4.98 Å². The fourth-order valence-corrected chi connectivity index (χ4v) is 3.04. The van der Waals surface area contributed by atoms with E-state index in [0.29, 0.717) is 29.3 Å². The highest BCUT2D eigenvalue weighted by Gasteiger charge is 2.27. The Bertz CT molecular complexity index is 649. The van der Waals surface area contributed by atoms with Gasteiger partial charge in [-0.05, 0) is 30.4 Å². The van der Waals surface area contributed by atoms with Crippen molar-refractivity contribution in [1.82, 2.24) is 9.97 Å². The summed E-state index contributed by atoms with van der Waals surface area (Å²) in [7, 11) is 0. The van der Waals surface area contributed by atoms with Crippen LogP contribution in [-0.4, -0.2) is 23.1 Å². The topological polar surface area (TPSA) is 66.0 Å². The molecule has 3 rings (SSSR count). The van der Waals surface area contributed by atoms with Crippen LogP contribution in [0.15, 0.2) is 28.9 Å². The van der Waals surface area contributed by atoms with Gasteiger partial charge in [0.1, 0.15) is 6.07 Å². The van der Waals surface area contributed by atoms with E-state index in [1.165, 1.54) is 6.42 Å². The molecule has 21 heavy (non-hydrogen) atoms. The minimum absolute atomic E-state index is 0.357. The van der Waals surface area contributed by atoms with Crippen molar-refractivity contribution in [2.24, 2.45) is 11.8 Å². The molecular formula is C16H18N4O. The van der Waals surface area contributed by atoms with E-state index in [4.69, 9.17) is 4.42 Å². The highest BCUT2D eigenvalue weighted by molar-refractivity contribution is 5.58. The van der Waals surface area contributed by atoms with Crippen LogP contribution >= 0.6 is 0 Å². The maximum atomic E-state index is 9.33. The van der Waals surface area contributed by atoms with E-state index in [2.05, 4.69) is 34.8 Å². The zero-order valence-corrected chi connectivity index (χ0v) is 12.3. The molecule has 0 spiro atoms. The molecule has 2 aromatic heterocycles. The van der Waals surface area contributed by atoms with Gasteiger partial charge < -0.3 is 9.32 Å². The van der Waals surface area contributed by atoms with Gasteiger partial charge in [0.05, 0.1) is 5.56 Å². The SMILES string of the molecule is CC1CC(C)CN(c2oc(-c3cccnc3)nc2C#N)C1. The highest BCUT2D eigenvalue weighted by Crippen LogP contribution is 2.32. The van der Waals surface area contributed by atoms with Crippen molar-refractivity contribution in [3.05, 3.63) is 30.2 Å². The molecule has 5 nitrogen and oxygen atoms in total. The molecule has 0 N–H and O–H groups in total. The van der Waals surface area contributed by atoms with Gasteiger partial charge in [-0.25, -0.2) is 0 Å². The Morgan fingerprint density at radius 3 is 2.71 bits per heavy atom. The van der Waals surface area contributed by atoms with E-state index in [-0.39, 0.29) is 0 Å². The molecule has 0 radical (unpaired) electrons. The zero-order chi connectivity index (χ0) is 14.8. The molecule has 0 aliphatic carbocycles. The second-order valence-electron chi connectivity index (χ2n) is 5.88. The molecule has 3 heterocycles. The summed E-state index contributed by atoms with van der Waals surface area (Å²) in [5, 5.41) is 9.33. The van der Waals surface area contributed by atoms with Gasteiger partial charge in [-0.15, -0.1) is 0 Å². The molecule has 1 fully saturated rings. The summed E-state index contributed by atoms with van der Waals surface area (Å²) >= 11 is 0. The van der Waals surface area contributed by atoms with Crippen molar-refractivity contribution in [3.63, 3.8) is 0 Å². The maximum absolute atomic E-state index is 9.33. The quantitative estimate of drug-likeness (QED) is 0.846. The number of piperidine rings is 1. The predicted octanol–water partition coefficient (Wildman–Crippen LogP) is 3.09. The van der Waals surface area contributed by atoms with Crippen molar-refractivity contribution in [1.29, 1.82) is 5.26 Å². The van der Waals surface area contributed by atoms with Crippen molar-refractivity contribution in [2.75, 3.05) is 18.0 Å². The van der Waals surface area contributed by atoms with Crippen LogP contribution in [0.1, 0.15) is 26.0 Å². The molecule has 2 atom stereocenters. The second-order valence-corrected chi connectivity index (χ2v) is 5.88.